The molecule has 1 amide bonds. The Hall–Kier alpha value is -1.62. The van der Waals surface area contributed by atoms with Gasteiger partial charge >= 0.3 is 0 Å². The highest BCUT2D eigenvalue weighted by atomic mass is 16.1. The van der Waals surface area contributed by atoms with Gasteiger partial charge in [0.05, 0.1) is 0 Å². The second-order valence-corrected chi connectivity index (χ2v) is 6.29. The molecule has 130 valence electrons. The number of carbonyl (C=O) groups excluding carboxylic acids is 1. The predicted octanol–water partition coefficient (Wildman–Crippen LogP) is 2.11. The van der Waals surface area contributed by atoms with Crippen LogP contribution >= 0.6 is 0 Å². The third-order valence-electron chi connectivity index (χ3n) is 4.09. The molecule has 1 atom stereocenters. The summed E-state index contributed by atoms with van der Waals surface area (Å²) < 4.78 is 1.57. The topological polar surface area (TPSA) is 54.3 Å². The minimum Gasteiger partial charge on any atom is -0.354 e. The number of rotatable bonds is 10. The zero-order valence-electron chi connectivity index (χ0n) is 14.9. The summed E-state index contributed by atoms with van der Waals surface area (Å²) in [6.45, 7) is 11.8. The van der Waals surface area contributed by atoms with Crippen molar-refractivity contribution in [3.63, 3.8) is 0 Å². The van der Waals surface area contributed by atoms with Crippen molar-refractivity contribution in [2.45, 2.75) is 53.1 Å². The van der Waals surface area contributed by atoms with E-state index in [0.717, 1.165) is 19.5 Å². The standard InChI is InChI=1S/C18H31N3O2/c1-5-20(6-2)16(13-15(3)4)14-19-17(22)10-12-21-11-8-7-9-18(21)23/h7-9,11,15-16H,5-6,10,12-14H2,1-4H3,(H,19,22). The van der Waals surface area contributed by atoms with Crippen LogP contribution in [0.1, 0.15) is 40.5 Å². The van der Waals surface area contributed by atoms with E-state index in [9.17, 15) is 9.59 Å². The van der Waals surface area contributed by atoms with E-state index in [1.165, 1.54) is 6.07 Å². The molecule has 1 rings (SSSR count). The number of nitrogens with zero attached hydrogens (tertiary/aromatic N) is 2. The first-order valence-electron chi connectivity index (χ1n) is 8.64. The van der Waals surface area contributed by atoms with Crippen molar-refractivity contribution >= 4 is 5.91 Å². The molecule has 0 fully saturated rings. The molecule has 0 bridgehead atoms. The summed E-state index contributed by atoms with van der Waals surface area (Å²) in [4.78, 5) is 26.1. The van der Waals surface area contributed by atoms with Crippen LogP contribution in [0.5, 0.6) is 0 Å². The number of nitrogens with one attached hydrogen (secondary N) is 1. The summed E-state index contributed by atoms with van der Waals surface area (Å²) >= 11 is 0. The predicted molar refractivity (Wildman–Crippen MR) is 94.5 cm³/mol. The maximum Gasteiger partial charge on any atom is 0.250 e. The van der Waals surface area contributed by atoms with Crippen LogP contribution < -0.4 is 10.9 Å². The molecular weight excluding hydrogens is 290 g/mol. The van der Waals surface area contributed by atoms with Gasteiger partial charge in [-0.15, -0.1) is 0 Å². The van der Waals surface area contributed by atoms with Crippen LogP contribution in [0.2, 0.25) is 0 Å². The zero-order valence-corrected chi connectivity index (χ0v) is 14.9. The fourth-order valence-corrected chi connectivity index (χ4v) is 2.83. The molecule has 23 heavy (non-hydrogen) atoms. The van der Waals surface area contributed by atoms with Gasteiger partial charge in [-0.25, -0.2) is 0 Å². The normalized spacial score (nSPS) is 12.6. The van der Waals surface area contributed by atoms with Crippen LogP contribution in [-0.2, 0) is 11.3 Å². The molecule has 5 heteroatoms. The molecule has 0 aliphatic heterocycles. The quantitative estimate of drug-likeness (QED) is 0.718. The maximum atomic E-state index is 12.1. The van der Waals surface area contributed by atoms with Gasteiger partial charge in [0, 0.05) is 37.8 Å². The Balaban J connectivity index is 2.48. The highest BCUT2D eigenvalue weighted by Crippen LogP contribution is 2.11. The molecule has 5 nitrogen and oxygen atoms in total. The van der Waals surface area contributed by atoms with Gasteiger partial charge in [0.2, 0.25) is 5.91 Å². The minimum absolute atomic E-state index is 0.00154. The van der Waals surface area contributed by atoms with Gasteiger partial charge in [-0.1, -0.05) is 33.8 Å². The average Bonchev–Trinajstić information content (AvgIpc) is 2.52. The van der Waals surface area contributed by atoms with E-state index in [2.05, 4.69) is 37.9 Å². The average molecular weight is 321 g/mol. The van der Waals surface area contributed by atoms with Gasteiger partial charge in [-0.3, -0.25) is 14.5 Å². The summed E-state index contributed by atoms with van der Waals surface area (Å²) in [6.07, 6.45) is 3.11. The van der Waals surface area contributed by atoms with E-state index in [0.29, 0.717) is 31.5 Å². The molecule has 1 aromatic heterocycles. The number of likely N-dealkylation sites (N-methyl/N-ethyl adjacent to an activating group) is 1. The van der Waals surface area contributed by atoms with E-state index < -0.39 is 0 Å². The highest BCUT2D eigenvalue weighted by Gasteiger charge is 2.17. The summed E-state index contributed by atoms with van der Waals surface area (Å²) in [7, 11) is 0. The Bertz CT molecular complexity index is 521. The first kappa shape index (κ1) is 19.4. The van der Waals surface area contributed by atoms with Crippen molar-refractivity contribution < 1.29 is 4.79 Å². The molecule has 0 aliphatic carbocycles. The Morgan fingerprint density at radius 3 is 2.52 bits per heavy atom. The van der Waals surface area contributed by atoms with Crippen LogP contribution in [0.25, 0.3) is 0 Å². The number of aromatic nitrogens is 1. The van der Waals surface area contributed by atoms with Crippen molar-refractivity contribution in [2.24, 2.45) is 5.92 Å². The van der Waals surface area contributed by atoms with Crippen molar-refractivity contribution in [1.29, 1.82) is 0 Å². The summed E-state index contributed by atoms with van der Waals surface area (Å²) in [5.74, 6) is 0.599. The van der Waals surface area contributed by atoms with E-state index in [-0.39, 0.29) is 11.5 Å². The highest BCUT2D eigenvalue weighted by molar-refractivity contribution is 5.75. The monoisotopic (exact) mass is 321 g/mol. The van der Waals surface area contributed by atoms with Crippen LogP contribution in [0, 0.1) is 5.92 Å². The van der Waals surface area contributed by atoms with Gasteiger partial charge in [0.15, 0.2) is 0 Å². The third-order valence-corrected chi connectivity index (χ3v) is 4.09. The molecule has 0 saturated heterocycles. The number of pyridine rings is 1. The van der Waals surface area contributed by atoms with Crippen LogP contribution in [0.15, 0.2) is 29.2 Å². The second kappa shape index (κ2) is 10.2. The first-order valence-corrected chi connectivity index (χ1v) is 8.64. The summed E-state index contributed by atoms with van der Waals surface area (Å²) in [6, 6.07) is 5.39. The number of aryl methyl sites for hydroxylation is 1. The van der Waals surface area contributed by atoms with E-state index >= 15 is 0 Å². The van der Waals surface area contributed by atoms with Crippen molar-refractivity contribution in [1.82, 2.24) is 14.8 Å². The summed E-state index contributed by atoms with van der Waals surface area (Å²) in [5.41, 5.74) is -0.0684. The molecule has 0 aliphatic rings. The third kappa shape index (κ3) is 6.99. The number of hydrogen-bond donors (Lipinski definition) is 1. The van der Waals surface area contributed by atoms with E-state index in [1.54, 1.807) is 22.9 Å². The fourth-order valence-electron chi connectivity index (χ4n) is 2.83. The lowest BCUT2D eigenvalue weighted by molar-refractivity contribution is -0.121. The second-order valence-electron chi connectivity index (χ2n) is 6.29. The molecule has 0 saturated carbocycles. The van der Waals surface area contributed by atoms with Crippen LogP contribution in [0.4, 0.5) is 0 Å². The van der Waals surface area contributed by atoms with Gasteiger partial charge < -0.3 is 9.88 Å². The van der Waals surface area contributed by atoms with Gasteiger partial charge in [-0.2, -0.15) is 0 Å². The first-order chi connectivity index (χ1) is 11.0. The largest absolute Gasteiger partial charge is 0.354 e. The van der Waals surface area contributed by atoms with Crippen LogP contribution in [0.3, 0.4) is 0 Å². The molecule has 0 spiro atoms. The molecular formula is C18H31N3O2. The van der Waals surface area contributed by atoms with Gasteiger partial charge in [-0.05, 0) is 31.5 Å². The van der Waals surface area contributed by atoms with Crippen LogP contribution in [-0.4, -0.2) is 41.1 Å². The Morgan fingerprint density at radius 1 is 1.26 bits per heavy atom. The number of carbonyl (C=O) groups is 1. The molecule has 1 aromatic rings. The van der Waals surface area contributed by atoms with Gasteiger partial charge in [0.25, 0.3) is 5.56 Å². The lowest BCUT2D eigenvalue weighted by Gasteiger charge is -2.31. The van der Waals surface area contributed by atoms with Gasteiger partial charge in [0.1, 0.15) is 0 Å². The molecule has 1 N–H and O–H groups in total. The Morgan fingerprint density at radius 2 is 1.96 bits per heavy atom. The van der Waals surface area contributed by atoms with E-state index in [1.807, 2.05) is 0 Å². The smallest absolute Gasteiger partial charge is 0.250 e. The number of amides is 1. The fraction of sp³-hybridized carbons (Fsp3) is 0.667. The van der Waals surface area contributed by atoms with Crippen molar-refractivity contribution in [2.75, 3.05) is 19.6 Å². The van der Waals surface area contributed by atoms with Crippen molar-refractivity contribution in [3.05, 3.63) is 34.7 Å². The zero-order chi connectivity index (χ0) is 17.2. The maximum absolute atomic E-state index is 12.1. The number of hydrogen-bond acceptors (Lipinski definition) is 3. The van der Waals surface area contributed by atoms with E-state index in [4.69, 9.17) is 0 Å². The lowest BCUT2D eigenvalue weighted by Crippen LogP contribution is -2.44. The molecule has 1 unspecified atom stereocenters. The SMILES string of the molecule is CCN(CC)C(CNC(=O)CCn1ccccc1=O)CC(C)C. The molecule has 0 aromatic carbocycles. The van der Waals surface area contributed by atoms with Crippen molar-refractivity contribution in [3.8, 4) is 0 Å². The molecule has 0 radical (unpaired) electrons. The lowest BCUT2D eigenvalue weighted by atomic mass is 10.0. The summed E-state index contributed by atoms with van der Waals surface area (Å²) in [5, 5.41) is 3.03. The Kier molecular flexibility index (Phi) is 8.62. The molecule has 1 heterocycles. The minimum atomic E-state index is -0.0684. The Labute approximate surface area is 139 Å².